The van der Waals surface area contributed by atoms with Gasteiger partial charge in [0.2, 0.25) is 0 Å². The Morgan fingerprint density at radius 3 is 2.67 bits per heavy atom. The molecule has 3 nitrogen and oxygen atoms in total. The van der Waals surface area contributed by atoms with Gasteiger partial charge in [-0.05, 0) is 24.1 Å². The number of hydrogen-bond acceptors (Lipinski definition) is 3. The van der Waals surface area contributed by atoms with Gasteiger partial charge >= 0.3 is 0 Å². The molecule has 0 aliphatic rings. The molecule has 0 fully saturated rings. The molecule has 0 aliphatic carbocycles. The van der Waals surface area contributed by atoms with E-state index in [9.17, 15) is 0 Å². The van der Waals surface area contributed by atoms with Gasteiger partial charge < -0.3 is 9.47 Å². The maximum atomic E-state index is 7.12. The van der Waals surface area contributed by atoms with Crippen molar-refractivity contribution in [2.24, 2.45) is 0 Å². The highest BCUT2D eigenvalue weighted by Gasteiger charge is 2.00. The van der Waals surface area contributed by atoms with Crippen molar-refractivity contribution in [2.45, 2.75) is 20.3 Å². The Morgan fingerprint density at radius 2 is 2.13 bits per heavy atom. The van der Waals surface area contributed by atoms with Crippen LogP contribution in [0.4, 0.5) is 0 Å². The van der Waals surface area contributed by atoms with Crippen LogP contribution in [0.5, 0.6) is 5.75 Å². The van der Waals surface area contributed by atoms with Crippen molar-refractivity contribution in [2.75, 3.05) is 13.7 Å². The molecular formula is C12H17NO2. The van der Waals surface area contributed by atoms with Crippen molar-refractivity contribution in [3.63, 3.8) is 0 Å². The molecule has 0 heterocycles. The molecule has 0 unspecified atom stereocenters. The van der Waals surface area contributed by atoms with E-state index < -0.39 is 0 Å². The normalized spacial score (nSPS) is 9.80. The fourth-order valence-corrected chi connectivity index (χ4v) is 1.42. The van der Waals surface area contributed by atoms with Gasteiger partial charge in [0, 0.05) is 13.3 Å². The number of nitrogens with one attached hydrogen (secondary N) is 1. The van der Waals surface area contributed by atoms with Crippen LogP contribution in [0.15, 0.2) is 18.2 Å². The van der Waals surface area contributed by atoms with Crippen LogP contribution in [-0.2, 0) is 11.2 Å². The zero-order chi connectivity index (χ0) is 11.3. The minimum atomic E-state index is 0.264. The van der Waals surface area contributed by atoms with Gasteiger partial charge in [-0.3, -0.25) is 5.41 Å². The van der Waals surface area contributed by atoms with Gasteiger partial charge in [-0.25, -0.2) is 0 Å². The third kappa shape index (κ3) is 3.62. The molecule has 0 aromatic heterocycles. The lowest BCUT2D eigenvalue weighted by Gasteiger charge is -2.07. The molecule has 0 amide bonds. The van der Waals surface area contributed by atoms with Crippen LogP contribution in [-0.4, -0.2) is 19.6 Å². The lowest BCUT2D eigenvalue weighted by atomic mass is 10.1. The van der Waals surface area contributed by atoms with Gasteiger partial charge in [0.15, 0.2) is 5.90 Å². The van der Waals surface area contributed by atoms with Gasteiger partial charge in [-0.1, -0.05) is 12.1 Å². The minimum Gasteiger partial charge on any atom is -0.496 e. The number of benzene rings is 1. The first-order chi connectivity index (χ1) is 7.13. The quantitative estimate of drug-likeness (QED) is 0.609. The van der Waals surface area contributed by atoms with Crippen molar-refractivity contribution >= 4 is 5.90 Å². The summed E-state index contributed by atoms with van der Waals surface area (Å²) in [5, 5.41) is 7.12. The average molecular weight is 207 g/mol. The molecule has 0 saturated heterocycles. The van der Waals surface area contributed by atoms with Crippen LogP contribution in [0.25, 0.3) is 0 Å². The number of methoxy groups -OCH3 is 1. The van der Waals surface area contributed by atoms with E-state index in [1.165, 1.54) is 5.56 Å². The summed E-state index contributed by atoms with van der Waals surface area (Å²) in [5.74, 6) is 1.17. The van der Waals surface area contributed by atoms with E-state index in [0.717, 1.165) is 17.7 Å². The van der Waals surface area contributed by atoms with E-state index in [4.69, 9.17) is 14.9 Å². The Morgan fingerprint density at radius 1 is 1.40 bits per heavy atom. The maximum Gasteiger partial charge on any atom is 0.177 e. The third-order valence-electron chi connectivity index (χ3n) is 2.17. The molecule has 3 heteroatoms. The lowest BCUT2D eigenvalue weighted by Crippen LogP contribution is -2.02. The summed E-state index contributed by atoms with van der Waals surface area (Å²) < 4.78 is 10.3. The van der Waals surface area contributed by atoms with Crippen molar-refractivity contribution in [1.82, 2.24) is 0 Å². The molecule has 0 saturated carbocycles. The molecule has 1 aromatic carbocycles. The summed E-state index contributed by atoms with van der Waals surface area (Å²) >= 11 is 0. The average Bonchev–Trinajstić information content (AvgIpc) is 2.17. The van der Waals surface area contributed by atoms with Gasteiger partial charge in [-0.2, -0.15) is 0 Å². The summed E-state index contributed by atoms with van der Waals surface area (Å²) in [7, 11) is 1.67. The molecule has 82 valence electrons. The molecule has 0 spiro atoms. The van der Waals surface area contributed by atoms with Crippen LogP contribution in [0.2, 0.25) is 0 Å². The third-order valence-corrected chi connectivity index (χ3v) is 2.17. The molecule has 1 N–H and O–H groups in total. The second-order valence-electron chi connectivity index (χ2n) is 3.46. The standard InChI is InChI=1S/C12H17NO2/c1-9-8-11(4-5-12(9)14-3)6-7-15-10(2)13/h4-5,8,13H,6-7H2,1-3H3. The summed E-state index contributed by atoms with van der Waals surface area (Å²) in [4.78, 5) is 0. The number of rotatable bonds is 4. The number of hydrogen-bond donors (Lipinski definition) is 1. The molecule has 0 atom stereocenters. The highest BCUT2D eigenvalue weighted by molar-refractivity contribution is 5.69. The molecular weight excluding hydrogens is 190 g/mol. The van der Waals surface area contributed by atoms with E-state index in [0.29, 0.717) is 6.61 Å². The SMILES string of the molecule is COc1ccc(CCOC(C)=N)cc1C. The van der Waals surface area contributed by atoms with Crippen LogP contribution < -0.4 is 4.74 Å². The molecule has 1 aromatic rings. The van der Waals surface area contributed by atoms with Crippen LogP contribution in [0.1, 0.15) is 18.1 Å². The number of ether oxygens (including phenoxy) is 2. The summed E-state index contributed by atoms with van der Waals surface area (Å²) in [6.07, 6.45) is 0.820. The molecule has 0 bridgehead atoms. The van der Waals surface area contributed by atoms with E-state index in [1.807, 2.05) is 19.1 Å². The number of aryl methyl sites for hydroxylation is 1. The van der Waals surface area contributed by atoms with E-state index >= 15 is 0 Å². The van der Waals surface area contributed by atoms with Gasteiger partial charge in [0.1, 0.15) is 5.75 Å². The fraction of sp³-hybridized carbons (Fsp3) is 0.417. The van der Waals surface area contributed by atoms with Crippen molar-refractivity contribution in [3.8, 4) is 5.75 Å². The fourth-order valence-electron chi connectivity index (χ4n) is 1.42. The summed E-state index contributed by atoms with van der Waals surface area (Å²) in [5.41, 5.74) is 2.33. The predicted octanol–water partition coefficient (Wildman–Crippen LogP) is 2.56. The van der Waals surface area contributed by atoms with Gasteiger partial charge in [0.05, 0.1) is 13.7 Å². The topological polar surface area (TPSA) is 42.3 Å². The molecule has 15 heavy (non-hydrogen) atoms. The smallest absolute Gasteiger partial charge is 0.177 e. The highest BCUT2D eigenvalue weighted by Crippen LogP contribution is 2.18. The Bertz CT molecular complexity index is 347. The van der Waals surface area contributed by atoms with E-state index in [2.05, 4.69) is 6.07 Å². The van der Waals surface area contributed by atoms with E-state index in [1.54, 1.807) is 14.0 Å². The molecule has 0 aliphatic heterocycles. The Labute approximate surface area is 90.5 Å². The largest absolute Gasteiger partial charge is 0.496 e. The van der Waals surface area contributed by atoms with Gasteiger partial charge in [0.25, 0.3) is 0 Å². The van der Waals surface area contributed by atoms with Crippen molar-refractivity contribution < 1.29 is 9.47 Å². The molecule has 0 radical (unpaired) electrons. The zero-order valence-corrected chi connectivity index (χ0v) is 9.46. The maximum absolute atomic E-state index is 7.12. The van der Waals surface area contributed by atoms with Crippen molar-refractivity contribution in [1.29, 1.82) is 5.41 Å². The Balaban J connectivity index is 2.55. The van der Waals surface area contributed by atoms with Crippen LogP contribution in [0, 0.1) is 12.3 Å². The second-order valence-corrected chi connectivity index (χ2v) is 3.46. The Hall–Kier alpha value is -1.51. The second kappa shape index (κ2) is 5.39. The summed E-state index contributed by atoms with van der Waals surface area (Å²) in [6, 6.07) is 6.07. The first-order valence-electron chi connectivity index (χ1n) is 4.95. The van der Waals surface area contributed by atoms with Crippen molar-refractivity contribution in [3.05, 3.63) is 29.3 Å². The lowest BCUT2D eigenvalue weighted by molar-refractivity contribution is 0.303. The Kier molecular flexibility index (Phi) is 4.16. The predicted molar refractivity (Wildman–Crippen MR) is 60.8 cm³/mol. The van der Waals surface area contributed by atoms with Gasteiger partial charge in [-0.15, -0.1) is 0 Å². The highest BCUT2D eigenvalue weighted by atomic mass is 16.5. The zero-order valence-electron chi connectivity index (χ0n) is 9.46. The van der Waals surface area contributed by atoms with Crippen LogP contribution in [0.3, 0.4) is 0 Å². The minimum absolute atomic E-state index is 0.264. The first kappa shape index (κ1) is 11.6. The summed E-state index contributed by atoms with van der Waals surface area (Å²) in [6.45, 7) is 4.21. The monoisotopic (exact) mass is 207 g/mol. The van der Waals surface area contributed by atoms with E-state index in [-0.39, 0.29) is 5.90 Å². The first-order valence-corrected chi connectivity index (χ1v) is 4.95. The van der Waals surface area contributed by atoms with Crippen LogP contribution >= 0.6 is 0 Å². The molecule has 1 rings (SSSR count).